The number of benzene rings is 2. The van der Waals surface area contributed by atoms with E-state index in [1.165, 1.54) is 5.56 Å². The topological polar surface area (TPSA) is 92.8 Å². The van der Waals surface area contributed by atoms with Crippen LogP contribution in [0.1, 0.15) is 29.3 Å². The molecule has 0 bridgehead atoms. The van der Waals surface area contributed by atoms with Gasteiger partial charge in [-0.1, -0.05) is 29.5 Å². The van der Waals surface area contributed by atoms with Gasteiger partial charge in [-0.3, -0.25) is 10.00 Å². The molecule has 0 radical (unpaired) electrons. The summed E-state index contributed by atoms with van der Waals surface area (Å²) in [5.74, 6) is 0. The molecule has 3 heterocycles. The van der Waals surface area contributed by atoms with Crippen LogP contribution in [0.5, 0.6) is 0 Å². The summed E-state index contributed by atoms with van der Waals surface area (Å²) in [5.41, 5.74) is 8.80. The number of hydrogen-bond acceptors (Lipinski definition) is 6. The first-order chi connectivity index (χ1) is 16.0. The Kier molecular flexibility index (Phi) is 5.70. The minimum absolute atomic E-state index is 0.117. The van der Waals surface area contributed by atoms with Gasteiger partial charge in [-0.25, -0.2) is 4.68 Å². The summed E-state index contributed by atoms with van der Waals surface area (Å²) in [4.78, 5) is 0. The third-order valence-corrected chi connectivity index (χ3v) is 6.31. The van der Waals surface area contributed by atoms with E-state index in [0.717, 1.165) is 52.3 Å². The molecule has 170 valence electrons. The second-order valence-electron chi connectivity index (χ2n) is 8.64. The van der Waals surface area contributed by atoms with Crippen LogP contribution in [0, 0.1) is 6.92 Å². The zero-order chi connectivity index (χ0) is 22.9. The normalized spacial score (nSPS) is 16.1. The lowest BCUT2D eigenvalue weighted by atomic mass is 9.93. The molecule has 8 nitrogen and oxygen atoms in total. The molecular weight excluding hydrogens is 414 g/mol. The second-order valence-corrected chi connectivity index (χ2v) is 8.64. The zero-order valence-corrected chi connectivity index (χ0v) is 19.2. The quantitative estimate of drug-likeness (QED) is 0.396. The van der Waals surface area contributed by atoms with E-state index in [0.29, 0.717) is 6.42 Å². The van der Waals surface area contributed by atoms with E-state index in [2.05, 4.69) is 68.5 Å². The third-order valence-electron chi connectivity index (χ3n) is 6.31. The second kappa shape index (κ2) is 8.80. The first-order valence-corrected chi connectivity index (χ1v) is 11.3. The highest BCUT2D eigenvalue weighted by atomic mass is 16.3. The Morgan fingerprint density at radius 1 is 1.15 bits per heavy atom. The van der Waals surface area contributed by atoms with Gasteiger partial charge in [0.1, 0.15) is 6.23 Å². The van der Waals surface area contributed by atoms with Crippen molar-refractivity contribution in [2.24, 2.45) is 7.05 Å². The number of aliphatic hydroxyl groups excluding tert-OH is 1. The van der Waals surface area contributed by atoms with Crippen LogP contribution in [0.15, 0.2) is 54.9 Å². The number of anilines is 1. The minimum atomic E-state index is -0.539. The maximum atomic E-state index is 9.85. The minimum Gasteiger partial charge on any atom is -0.378 e. The number of fused-ring (bicyclic) bond motifs is 3. The largest absolute Gasteiger partial charge is 0.378 e. The SMILES string of the molecule is CNC(O)Cc1ccc(NC2CCn3nnc(C)c3-c3ccc(-c4cnn(C)c4)cc32)cc1. The molecule has 0 saturated heterocycles. The highest BCUT2D eigenvalue weighted by Crippen LogP contribution is 2.39. The maximum absolute atomic E-state index is 9.85. The number of nitrogens with zero attached hydrogens (tertiary/aromatic N) is 5. The van der Waals surface area contributed by atoms with Crippen molar-refractivity contribution in [2.45, 2.75) is 38.6 Å². The molecule has 4 aromatic rings. The Balaban J connectivity index is 1.50. The van der Waals surface area contributed by atoms with Gasteiger partial charge in [-0.05, 0) is 55.3 Å². The van der Waals surface area contributed by atoms with Gasteiger partial charge in [0.25, 0.3) is 0 Å². The molecule has 2 aromatic carbocycles. The Labute approximate surface area is 193 Å². The van der Waals surface area contributed by atoms with Gasteiger partial charge in [-0.15, -0.1) is 5.10 Å². The van der Waals surface area contributed by atoms with Crippen LogP contribution in [-0.2, 0) is 20.0 Å². The van der Waals surface area contributed by atoms with E-state index in [9.17, 15) is 5.11 Å². The Bertz CT molecular complexity index is 1260. The lowest BCUT2D eigenvalue weighted by molar-refractivity contribution is 0.147. The van der Waals surface area contributed by atoms with Crippen molar-refractivity contribution < 1.29 is 5.11 Å². The van der Waals surface area contributed by atoms with Crippen LogP contribution >= 0.6 is 0 Å². The van der Waals surface area contributed by atoms with E-state index in [-0.39, 0.29) is 6.04 Å². The van der Waals surface area contributed by atoms with Gasteiger partial charge in [0, 0.05) is 43.0 Å². The van der Waals surface area contributed by atoms with Gasteiger partial charge in [0.2, 0.25) is 0 Å². The molecule has 1 aliphatic rings. The summed E-state index contributed by atoms with van der Waals surface area (Å²) in [6.45, 7) is 2.81. The molecule has 2 aromatic heterocycles. The standard InChI is InChI=1S/C25H29N7O/c1-16-25-21-9-6-18(19-14-27-31(3)15-19)13-22(21)23(10-11-32(25)30-29-16)28-20-7-4-17(5-8-20)12-24(33)26-2/h4-9,13-15,23-24,26,28,33H,10-12H2,1-3H3. The first kappa shape index (κ1) is 21.4. The van der Waals surface area contributed by atoms with Gasteiger partial charge in [0.15, 0.2) is 0 Å². The molecule has 0 amide bonds. The van der Waals surface area contributed by atoms with Crippen molar-refractivity contribution >= 4 is 5.69 Å². The molecule has 5 rings (SSSR count). The van der Waals surface area contributed by atoms with Gasteiger partial charge in [-0.2, -0.15) is 5.10 Å². The van der Waals surface area contributed by atoms with Crippen LogP contribution in [0.2, 0.25) is 0 Å². The maximum Gasteiger partial charge on any atom is 0.108 e. The summed E-state index contributed by atoms with van der Waals surface area (Å²) >= 11 is 0. The van der Waals surface area contributed by atoms with E-state index in [4.69, 9.17) is 0 Å². The summed E-state index contributed by atoms with van der Waals surface area (Å²) in [6.07, 6.45) is 4.86. The molecule has 0 aliphatic carbocycles. The lowest BCUT2D eigenvalue weighted by Crippen LogP contribution is -2.26. The third kappa shape index (κ3) is 4.27. The van der Waals surface area contributed by atoms with E-state index in [1.807, 2.05) is 35.7 Å². The molecule has 8 heteroatoms. The van der Waals surface area contributed by atoms with Crippen LogP contribution in [-0.4, -0.2) is 43.2 Å². The smallest absolute Gasteiger partial charge is 0.108 e. The number of likely N-dealkylation sites (N-methyl/N-ethyl adjacent to an activating group) is 1. The molecule has 3 N–H and O–H groups in total. The van der Waals surface area contributed by atoms with Gasteiger partial charge >= 0.3 is 0 Å². The number of aromatic nitrogens is 5. The average molecular weight is 444 g/mol. The number of rotatable bonds is 6. The fourth-order valence-electron chi connectivity index (χ4n) is 4.53. The highest BCUT2D eigenvalue weighted by Gasteiger charge is 2.26. The van der Waals surface area contributed by atoms with Crippen LogP contribution in [0.3, 0.4) is 0 Å². The van der Waals surface area contributed by atoms with Crippen molar-refractivity contribution in [2.75, 3.05) is 12.4 Å². The van der Waals surface area contributed by atoms with Crippen LogP contribution in [0.4, 0.5) is 5.69 Å². The van der Waals surface area contributed by atoms with Crippen molar-refractivity contribution in [1.29, 1.82) is 0 Å². The van der Waals surface area contributed by atoms with Crippen molar-refractivity contribution in [3.05, 3.63) is 71.7 Å². The summed E-state index contributed by atoms with van der Waals surface area (Å²) < 4.78 is 3.84. The molecule has 0 saturated carbocycles. The highest BCUT2D eigenvalue weighted by molar-refractivity contribution is 5.74. The Morgan fingerprint density at radius 3 is 2.70 bits per heavy atom. The fraction of sp³-hybridized carbons (Fsp3) is 0.320. The fourth-order valence-corrected chi connectivity index (χ4v) is 4.53. The van der Waals surface area contributed by atoms with Crippen molar-refractivity contribution in [3.8, 4) is 22.4 Å². The molecule has 2 atom stereocenters. The van der Waals surface area contributed by atoms with E-state index < -0.39 is 6.23 Å². The van der Waals surface area contributed by atoms with Crippen molar-refractivity contribution in [3.63, 3.8) is 0 Å². The molecule has 2 unspecified atom stereocenters. The van der Waals surface area contributed by atoms with E-state index in [1.54, 1.807) is 7.05 Å². The Morgan fingerprint density at radius 2 is 1.97 bits per heavy atom. The van der Waals surface area contributed by atoms with Gasteiger partial charge in [0.05, 0.1) is 23.6 Å². The number of aryl methyl sites for hydroxylation is 3. The number of aliphatic hydroxyl groups is 1. The number of hydrogen-bond donors (Lipinski definition) is 3. The summed E-state index contributed by atoms with van der Waals surface area (Å²) in [5, 5.41) is 29.5. The summed E-state index contributed by atoms with van der Waals surface area (Å²) in [7, 11) is 3.69. The van der Waals surface area contributed by atoms with E-state index >= 15 is 0 Å². The van der Waals surface area contributed by atoms with Crippen molar-refractivity contribution in [1.82, 2.24) is 30.1 Å². The molecule has 33 heavy (non-hydrogen) atoms. The predicted molar refractivity (Wildman–Crippen MR) is 129 cm³/mol. The molecular formula is C25H29N7O. The van der Waals surface area contributed by atoms with Crippen LogP contribution < -0.4 is 10.6 Å². The number of nitrogens with one attached hydrogen (secondary N) is 2. The average Bonchev–Trinajstić information content (AvgIpc) is 3.38. The molecule has 1 aliphatic heterocycles. The molecule has 0 fully saturated rings. The first-order valence-electron chi connectivity index (χ1n) is 11.3. The predicted octanol–water partition coefficient (Wildman–Crippen LogP) is 3.29. The zero-order valence-electron chi connectivity index (χ0n) is 19.2. The molecule has 0 spiro atoms. The van der Waals surface area contributed by atoms with Crippen LogP contribution in [0.25, 0.3) is 22.4 Å². The summed E-state index contributed by atoms with van der Waals surface area (Å²) in [6, 6.07) is 15.0. The lowest BCUT2D eigenvalue weighted by Gasteiger charge is -2.21. The van der Waals surface area contributed by atoms with Gasteiger partial charge < -0.3 is 10.4 Å². The Hall–Kier alpha value is -3.49. The monoisotopic (exact) mass is 443 g/mol.